The molecule has 0 saturated carbocycles. The van der Waals surface area contributed by atoms with E-state index in [-0.39, 0.29) is 0 Å². The van der Waals surface area contributed by atoms with E-state index in [0.29, 0.717) is 17.3 Å². The molecule has 2 rings (SSSR count). The van der Waals surface area contributed by atoms with E-state index in [1.54, 1.807) is 6.26 Å². The molecule has 0 radical (unpaired) electrons. The van der Waals surface area contributed by atoms with Gasteiger partial charge in [0.25, 0.3) is 0 Å². The zero-order valence-electron chi connectivity index (χ0n) is 8.66. The molecule has 2 aromatic heterocycles. The fourth-order valence-corrected chi connectivity index (χ4v) is 1.68. The summed E-state index contributed by atoms with van der Waals surface area (Å²) in [4.78, 5) is 4.29. The van der Waals surface area contributed by atoms with Gasteiger partial charge in [-0.15, -0.1) is 0 Å². The molecule has 74 valence electrons. The summed E-state index contributed by atoms with van der Waals surface area (Å²) < 4.78 is 5.28. The highest BCUT2D eigenvalue weighted by Crippen LogP contribution is 2.30. The molecule has 0 fully saturated rings. The standard InChI is InChI=1S/C11H14N2O/c1-6(2)8-4-7(3)13-11-10(8)9(12)5-14-11/h4-6H,12H2,1-3H3. The lowest BCUT2D eigenvalue weighted by molar-refractivity contribution is 0.603. The fourth-order valence-electron chi connectivity index (χ4n) is 1.68. The van der Waals surface area contributed by atoms with Crippen LogP contribution >= 0.6 is 0 Å². The van der Waals surface area contributed by atoms with E-state index in [9.17, 15) is 0 Å². The van der Waals surface area contributed by atoms with Crippen molar-refractivity contribution in [1.82, 2.24) is 4.98 Å². The molecule has 2 N–H and O–H groups in total. The van der Waals surface area contributed by atoms with Crippen LogP contribution in [0, 0.1) is 6.92 Å². The van der Waals surface area contributed by atoms with Crippen LogP contribution in [0.2, 0.25) is 0 Å². The van der Waals surface area contributed by atoms with Crippen LogP contribution in [0.25, 0.3) is 11.1 Å². The number of aromatic nitrogens is 1. The highest BCUT2D eigenvalue weighted by atomic mass is 16.3. The molecule has 0 amide bonds. The van der Waals surface area contributed by atoms with Gasteiger partial charge < -0.3 is 10.2 Å². The van der Waals surface area contributed by atoms with Gasteiger partial charge in [-0.1, -0.05) is 13.8 Å². The highest BCUT2D eigenvalue weighted by molar-refractivity contribution is 5.90. The van der Waals surface area contributed by atoms with E-state index in [2.05, 4.69) is 24.9 Å². The van der Waals surface area contributed by atoms with Gasteiger partial charge in [0.05, 0.1) is 11.1 Å². The molecule has 14 heavy (non-hydrogen) atoms. The van der Waals surface area contributed by atoms with Crippen molar-refractivity contribution in [1.29, 1.82) is 0 Å². The maximum absolute atomic E-state index is 5.83. The van der Waals surface area contributed by atoms with Crippen LogP contribution in [0.1, 0.15) is 31.0 Å². The molecule has 0 aliphatic rings. The van der Waals surface area contributed by atoms with Crippen molar-refractivity contribution >= 4 is 16.8 Å². The number of pyridine rings is 1. The predicted molar refractivity (Wildman–Crippen MR) is 57.2 cm³/mol. The number of rotatable bonds is 1. The van der Waals surface area contributed by atoms with Gasteiger partial charge in [-0.3, -0.25) is 0 Å². The van der Waals surface area contributed by atoms with Gasteiger partial charge in [0.15, 0.2) is 0 Å². The van der Waals surface area contributed by atoms with Crippen LogP contribution in [0.15, 0.2) is 16.7 Å². The second-order valence-corrected chi connectivity index (χ2v) is 3.88. The Morgan fingerprint density at radius 1 is 1.43 bits per heavy atom. The first-order chi connectivity index (χ1) is 6.59. The molecule has 0 aliphatic heterocycles. The van der Waals surface area contributed by atoms with Crippen molar-refractivity contribution in [3.63, 3.8) is 0 Å². The van der Waals surface area contributed by atoms with Crippen molar-refractivity contribution in [3.05, 3.63) is 23.6 Å². The second kappa shape index (κ2) is 3.01. The molecule has 0 bridgehead atoms. The average Bonchev–Trinajstić information content (AvgIpc) is 2.46. The molecule has 3 nitrogen and oxygen atoms in total. The SMILES string of the molecule is Cc1cc(C(C)C)c2c(N)coc2n1. The quantitative estimate of drug-likeness (QED) is 0.752. The van der Waals surface area contributed by atoms with E-state index in [0.717, 1.165) is 11.1 Å². The van der Waals surface area contributed by atoms with Crippen LogP contribution < -0.4 is 5.73 Å². The number of hydrogen-bond donors (Lipinski definition) is 1. The first kappa shape index (κ1) is 9.06. The number of aryl methyl sites for hydroxylation is 1. The van der Waals surface area contributed by atoms with E-state index >= 15 is 0 Å². The maximum atomic E-state index is 5.83. The van der Waals surface area contributed by atoms with E-state index in [1.807, 2.05) is 6.92 Å². The Bertz CT molecular complexity index is 471. The molecule has 0 unspecified atom stereocenters. The largest absolute Gasteiger partial charge is 0.444 e. The zero-order valence-corrected chi connectivity index (χ0v) is 8.66. The second-order valence-electron chi connectivity index (χ2n) is 3.88. The number of nitrogens with zero attached hydrogens (tertiary/aromatic N) is 1. The zero-order chi connectivity index (χ0) is 10.3. The number of furan rings is 1. The van der Waals surface area contributed by atoms with Crippen molar-refractivity contribution in [3.8, 4) is 0 Å². The monoisotopic (exact) mass is 190 g/mol. The van der Waals surface area contributed by atoms with Crippen molar-refractivity contribution in [2.24, 2.45) is 0 Å². The third-order valence-corrected chi connectivity index (χ3v) is 2.35. The number of nitrogens with two attached hydrogens (primary N) is 1. The summed E-state index contributed by atoms with van der Waals surface area (Å²) in [5, 5.41) is 0.964. The summed E-state index contributed by atoms with van der Waals surface area (Å²) in [5.41, 5.74) is 9.33. The summed E-state index contributed by atoms with van der Waals surface area (Å²) >= 11 is 0. The van der Waals surface area contributed by atoms with E-state index < -0.39 is 0 Å². The van der Waals surface area contributed by atoms with Crippen molar-refractivity contribution in [2.45, 2.75) is 26.7 Å². The maximum Gasteiger partial charge on any atom is 0.228 e. The minimum Gasteiger partial charge on any atom is -0.444 e. The molecule has 3 heteroatoms. The summed E-state index contributed by atoms with van der Waals surface area (Å²) in [6, 6.07) is 2.07. The minimum absolute atomic E-state index is 0.430. The Hall–Kier alpha value is -1.51. The number of nitrogen functional groups attached to an aromatic ring is 1. The molecule has 2 heterocycles. The molecule has 0 aromatic carbocycles. The number of hydrogen-bond acceptors (Lipinski definition) is 3. The Morgan fingerprint density at radius 3 is 2.79 bits per heavy atom. The molecule has 0 saturated heterocycles. The van der Waals surface area contributed by atoms with Crippen molar-refractivity contribution in [2.75, 3.05) is 5.73 Å². The van der Waals surface area contributed by atoms with Gasteiger partial charge in [-0.2, -0.15) is 0 Å². The minimum atomic E-state index is 0.430. The van der Waals surface area contributed by atoms with Gasteiger partial charge in [-0.25, -0.2) is 4.98 Å². The van der Waals surface area contributed by atoms with Gasteiger partial charge >= 0.3 is 0 Å². The van der Waals surface area contributed by atoms with Gasteiger partial charge in [-0.05, 0) is 24.5 Å². The molecule has 0 spiro atoms. The Morgan fingerprint density at radius 2 is 2.14 bits per heavy atom. The number of fused-ring (bicyclic) bond motifs is 1. The van der Waals surface area contributed by atoms with Gasteiger partial charge in [0, 0.05) is 5.69 Å². The van der Waals surface area contributed by atoms with Crippen LogP contribution in [0.5, 0.6) is 0 Å². The third-order valence-electron chi connectivity index (χ3n) is 2.35. The van der Waals surface area contributed by atoms with E-state index in [4.69, 9.17) is 10.2 Å². The summed E-state index contributed by atoms with van der Waals surface area (Å²) in [6.45, 7) is 6.24. The Labute approximate surface area is 82.9 Å². The Kier molecular flexibility index (Phi) is 1.95. The topological polar surface area (TPSA) is 52.0 Å². The fraction of sp³-hybridized carbons (Fsp3) is 0.364. The van der Waals surface area contributed by atoms with E-state index in [1.165, 1.54) is 5.56 Å². The van der Waals surface area contributed by atoms with Gasteiger partial charge in [0.1, 0.15) is 6.26 Å². The predicted octanol–water partition coefficient (Wildman–Crippen LogP) is 2.84. The molecule has 0 atom stereocenters. The van der Waals surface area contributed by atoms with Crippen LogP contribution in [-0.4, -0.2) is 4.98 Å². The van der Waals surface area contributed by atoms with Crippen LogP contribution in [-0.2, 0) is 0 Å². The molecular formula is C11H14N2O. The Balaban J connectivity index is 2.83. The summed E-state index contributed by atoms with van der Waals surface area (Å²) in [5.74, 6) is 0.430. The molecular weight excluding hydrogens is 176 g/mol. The van der Waals surface area contributed by atoms with Crippen LogP contribution in [0.3, 0.4) is 0 Å². The first-order valence-corrected chi connectivity index (χ1v) is 4.74. The lowest BCUT2D eigenvalue weighted by Crippen LogP contribution is -1.94. The number of anilines is 1. The lowest BCUT2D eigenvalue weighted by atomic mass is 10.00. The smallest absolute Gasteiger partial charge is 0.228 e. The first-order valence-electron chi connectivity index (χ1n) is 4.74. The van der Waals surface area contributed by atoms with Crippen molar-refractivity contribution < 1.29 is 4.42 Å². The lowest BCUT2D eigenvalue weighted by Gasteiger charge is -2.07. The normalized spacial score (nSPS) is 11.4. The summed E-state index contributed by atoms with van der Waals surface area (Å²) in [7, 11) is 0. The third kappa shape index (κ3) is 1.25. The van der Waals surface area contributed by atoms with Crippen LogP contribution in [0.4, 0.5) is 5.69 Å². The molecule has 0 aliphatic carbocycles. The molecule has 2 aromatic rings. The highest BCUT2D eigenvalue weighted by Gasteiger charge is 2.12. The van der Waals surface area contributed by atoms with Gasteiger partial charge in [0.2, 0.25) is 5.71 Å². The summed E-state index contributed by atoms with van der Waals surface area (Å²) in [6.07, 6.45) is 1.56. The average molecular weight is 190 g/mol.